The third-order valence-corrected chi connectivity index (χ3v) is 7.19. The first-order chi connectivity index (χ1) is 14.4. The van der Waals surface area contributed by atoms with Gasteiger partial charge in [-0.1, -0.05) is 18.2 Å². The van der Waals surface area contributed by atoms with Gasteiger partial charge in [0.2, 0.25) is 5.91 Å². The maximum absolute atomic E-state index is 12.6. The van der Waals surface area contributed by atoms with Crippen molar-refractivity contribution in [3.8, 4) is 5.69 Å². The predicted octanol–water partition coefficient (Wildman–Crippen LogP) is 2.80. The summed E-state index contributed by atoms with van der Waals surface area (Å²) in [5, 5.41) is 6.96. The number of hydrogen-bond donors (Lipinski definition) is 1. The van der Waals surface area contributed by atoms with Crippen molar-refractivity contribution >= 4 is 15.7 Å². The van der Waals surface area contributed by atoms with Crippen molar-refractivity contribution in [2.24, 2.45) is 0 Å². The van der Waals surface area contributed by atoms with Gasteiger partial charge >= 0.3 is 0 Å². The average Bonchev–Trinajstić information content (AvgIpc) is 3.44. The van der Waals surface area contributed by atoms with Gasteiger partial charge in [0, 0.05) is 6.42 Å². The van der Waals surface area contributed by atoms with E-state index in [2.05, 4.69) is 15.4 Å². The molecule has 0 fully saturated rings. The molecule has 2 aromatic carbocycles. The van der Waals surface area contributed by atoms with Crippen molar-refractivity contribution in [2.75, 3.05) is 5.75 Å². The Morgan fingerprint density at radius 2 is 1.90 bits per heavy atom. The van der Waals surface area contributed by atoms with Crippen LogP contribution in [0.15, 0.2) is 60.0 Å². The molecule has 30 heavy (non-hydrogen) atoms. The number of amides is 1. The van der Waals surface area contributed by atoms with Gasteiger partial charge in [0.25, 0.3) is 0 Å². The van der Waals surface area contributed by atoms with Gasteiger partial charge in [0.05, 0.1) is 22.4 Å². The number of benzene rings is 2. The zero-order valence-corrected chi connectivity index (χ0v) is 17.6. The molecule has 0 saturated carbocycles. The molecule has 0 saturated heterocycles. The Kier molecular flexibility index (Phi) is 5.67. The summed E-state index contributed by atoms with van der Waals surface area (Å²) < 4.78 is 26.9. The van der Waals surface area contributed by atoms with Crippen LogP contribution in [0.2, 0.25) is 0 Å². The highest BCUT2D eigenvalue weighted by molar-refractivity contribution is 7.91. The summed E-state index contributed by atoms with van der Waals surface area (Å²) in [5.41, 5.74) is 4.14. The van der Waals surface area contributed by atoms with E-state index < -0.39 is 9.84 Å². The van der Waals surface area contributed by atoms with Gasteiger partial charge in [-0.05, 0) is 67.1 Å². The molecular weight excluding hydrogens is 400 g/mol. The Balaban J connectivity index is 1.34. The first kappa shape index (κ1) is 20.3. The molecule has 1 aliphatic rings. The first-order valence-corrected chi connectivity index (χ1v) is 11.7. The zero-order chi connectivity index (χ0) is 21.1. The summed E-state index contributed by atoms with van der Waals surface area (Å²) in [5.74, 6) is -0.483. The quantitative estimate of drug-likeness (QED) is 0.629. The summed E-state index contributed by atoms with van der Waals surface area (Å²) in [6, 6.07) is 12.7. The Hall–Kier alpha value is -3.00. The Morgan fingerprint density at radius 1 is 1.13 bits per heavy atom. The topological polar surface area (TPSA) is 94.0 Å². The fraction of sp³-hybridized carbons (Fsp3) is 0.318. The summed E-state index contributed by atoms with van der Waals surface area (Å²) >= 11 is 0. The molecule has 1 aliphatic carbocycles. The standard InChI is InChI=1S/C22H24N4O3S/c1-16(17-5-8-20(9-6-17)26-15-23-14-24-26)25-22(27)11-12-30(28,29)21-10-7-18-3-2-4-19(18)13-21/h5-10,13-16H,2-4,11-12H2,1H3,(H,25,27). The molecular formula is C22H24N4O3S. The molecule has 3 aromatic rings. The van der Waals surface area contributed by atoms with Crippen molar-refractivity contribution in [1.29, 1.82) is 0 Å². The highest BCUT2D eigenvalue weighted by atomic mass is 32.2. The molecule has 156 valence electrons. The van der Waals surface area contributed by atoms with E-state index in [0.717, 1.165) is 36.1 Å². The SMILES string of the molecule is CC(NC(=O)CCS(=O)(=O)c1ccc2c(c1)CCC2)c1ccc(-n2cncn2)cc1. The monoisotopic (exact) mass is 424 g/mol. The fourth-order valence-corrected chi connectivity index (χ4v) is 5.03. The van der Waals surface area contributed by atoms with Crippen molar-refractivity contribution in [2.45, 2.75) is 43.5 Å². The third kappa shape index (κ3) is 4.43. The van der Waals surface area contributed by atoms with Crippen LogP contribution in [-0.4, -0.2) is 34.8 Å². The predicted molar refractivity (Wildman–Crippen MR) is 113 cm³/mol. The molecule has 1 amide bonds. The Bertz CT molecular complexity index is 1140. The Labute approximate surface area is 176 Å². The van der Waals surface area contributed by atoms with E-state index in [0.29, 0.717) is 4.90 Å². The van der Waals surface area contributed by atoms with Gasteiger partial charge < -0.3 is 5.32 Å². The summed E-state index contributed by atoms with van der Waals surface area (Å²) in [6.45, 7) is 1.87. The average molecular weight is 425 g/mol. The normalized spacial score (nSPS) is 14.3. The van der Waals surface area contributed by atoms with Gasteiger partial charge in [0.15, 0.2) is 9.84 Å². The maximum Gasteiger partial charge on any atom is 0.221 e. The number of nitrogens with one attached hydrogen (secondary N) is 1. The van der Waals surface area contributed by atoms with Crippen LogP contribution in [-0.2, 0) is 27.5 Å². The lowest BCUT2D eigenvalue weighted by atomic mass is 10.1. The van der Waals surface area contributed by atoms with Gasteiger partial charge in [-0.15, -0.1) is 0 Å². The lowest BCUT2D eigenvalue weighted by Crippen LogP contribution is -2.28. The minimum Gasteiger partial charge on any atom is -0.350 e. The molecule has 1 atom stereocenters. The minimum absolute atomic E-state index is 0.0687. The number of carbonyl (C=O) groups is 1. The second kappa shape index (κ2) is 8.39. The fourth-order valence-electron chi connectivity index (χ4n) is 3.74. The van der Waals surface area contributed by atoms with Gasteiger partial charge in [0.1, 0.15) is 12.7 Å². The van der Waals surface area contributed by atoms with Gasteiger partial charge in [-0.3, -0.25) is 4.79 Å². The molecule has 0 radical (unpaired) electrons. The minimum atomic E-state index is -3.48. The molecule has 1 unspecified atom stereocenters. The molecule has 0 bridgehead atoms. The van der Waals surface area contributed by atoms with Crippen LogP contribution in [0.4, 0.5) is 0 Å². The van der Waals surface area contributed by atoms with Crippen LogP contribution in [0.3, 0.4) is 0 Å². The number of fused-ring (bicyclic) bond motifs is 1. The Morgan fingerprint density at radius 3 is 2.63 bits per heavy atom. The molecule has 0 aliphatic heterocycles. The number of hydrogen-bond acceptors (Lipinski definition) is 5. The van der Waals surface area contributed by atoms with Gasteiger partial charge in [-0.2, -0.15) is 5.10 Å². The zero-order valence-electron chi connectivity index (χ0n) is 16.8. The van der Waals surface area contributed by atoms with Crippen LogP contribution in [0, 0.1) is 0 Å². The highest BCUT2D eigenvalue weighted by Gasteiger charge is 2.20. The molecule has 0 spiro atoms. The van der Waals surface area contributed by atoms with E-state index >= 15 is 0 Å². The molecule has 8 heteroatoms. The third-order valence-electron chi connectivity index (χ3n) is 5.48. The second-order valence-electron chi connectivity index (χ2n) is 7.57. The lowest BCUT2D eigenvalue weighted by Gasteiger charge is -2.15. The van der Waals surface area contributed by atoms with E-state index in [1.165, 1.54) is 11.9 Å². The first-order valence-electron chi connectivity index (χ1n) is 10.0. The van der Waals surface area contributed by atoms with Crippen molar-refractivity contribution < 1.29 is 13.2 Å². The number of sulfone groups is 1. The van der Waals surface area contributed by atoms with Crippen LogP contribution < -0.4 is 5.32 Å². The van der Waals surface area contributed by atoms with Crippen molar-refractivity contribution in [1.82, 2.24) is 20.1 Å². The largest absolute Gasteiger partial charge is 0.350 e. The van der Waals surface area contributed by atoms with Crippen LogP contribution >= 0.6 is 0 Å². The molecule has 1 aromatic heterocycles. The second-order valence-corrected chi connectivity index (χ2v) is 9.68. The van der Waals surface area contributed by atoms with E-state index in [-0.39, 0.29) is 24.1 Å². The maximum atomic E-state index is 12.6. The summed E-state index contributed by atoms with van der Waals surface area (Å²) in [7, 11) is -3.48. The highest BCUT2D eigenvalue weighted by Crippen LogP contribution is 2.25. The van der Waals surface area contributed by atoms with Crippen LogP contribution in [0.1, 0.15) is 42.5 Å². The smallest absolute Gasteiger partial charge is 0.221 e. The van der Waals surface area contributed by atoms with Crippen molar-refractivity contribution in [3.05, 3.63) is 71.8 Å². The number of nitrogens with zero attached hydrogens (tertiary/aromatic N) is 3. The molecule has 1 N–H and O–H groups in total. The van der Waals surface area contributed by atoms with E-state index in [1.807, 2.05) is 37.3 Å². The van der Waals surface area contributed by atoms with Crippen molar-refractivity contribution in [3.63, 3.8) is 0 Å². The van der Waals surface area contributed by atoms with E-state index in [1.54, 1.807) is 23.1 Å². The van der Waals surface area contributed by atoms with Crippen LogP contribution in [0.5, 0.6) is 0 Å². The van der Waals surface area contributed by atoms with E-state index in [4.69, 9.17) is 0 Å². The molecule has 7 nitrogen and oxygen atoms in total. The lowest BCUT2D eigenvalue weighted by molar-refractivity contribution is -0.121. The summed E-state index contributed by atoms with van der Waals surface area (Å²) in [6.07, 6.45) is 6.01. The molecule has 4 rings (SSSR count). The van der Waals surface area contributed by atoms with Gasteiger partial charge in [-0.25, -0.2) is 18.1 Å². The number of aromatic nitrogens is 3. The summed E-state index contributed by atoms with van der Waals surface area (Å²) in [4.78, 5) is 16.6. The number of rotatable bonds is 7. The number of carbonyl (C=O) groups excluding carboxylic acids is 1. The van der Waals surface area contributed by atoms with Crippen LogP contribution in [0.25, 0.3) is 5.69 Å². The van der Waals surface area contributed by atoms with E-state index in [9.17, 15) is 13.2 Å². The number of aryl methyl sites for hydroxylation is 2. The molecule has 1 heterocycles.